The zero-order valence-corrected chi connectivity index (χ0v) is 11.2. The Balaban J connectivity index is 0.000000861. The van der Waals surface area contributed by atoms with Crippen molar-refractivity contribution in [2.45, 2.75) is 20.8 Å². The second-order valence-corrected chi connectivity index (χ2v) is 3.50. The van der Waals surface area contributed by atoms with Crippen LogP contribution < -0.4 is 4.74 Å². The predicted molar refractivity (Wildman–Crippen MR) is 73.5 cm³/mol. The molecule has 0 saturated heterocycles. The lowest BCUT2D eigenvalue weighted by Crippen LogP contribution is -1.95. The first-order valence-electron chi connectivity index (χ1n) is 6.01. The average Bonchev–Trinajstić information content (AvgIpc) is 2.44. The number of hydrogen-bond acceptors (Lipinski definition) is 4. The van der Waals surface area contributed by atoms with E-state index in [1.807, 2.05) is 32.9 Å². The van der Waals surface area contributed by atoms with Gasteiger partial charge in [0.15, 0.2) is 0 Å². The van der Waals surface area contributed by atoms with Crippen molar-refractivity contribution in [2.24, 2.45) is 0 Å². The van der Waals surface area contributed by atoms with Crippen LogP contribution in [0.5, 0.6) is 11.5 Å². The largest absolute Gasteiger partial charge is 0.448 e. The van der Waals surface area contributed by atoms with Gasteiger partial charge in [-0.05, 0) is 41.1 Å². The first-order valence-corrected chi connectivity index (χ1v) is 6.01. The Morgan fingerprint density at radius 3 is 2.37 bits per heavy atom. The fourth-order valence-electron chi connectivity index (χ4n) is 1.33. The molecule has 5 nitrogen and oxygen atoms in total. The van der Waals surface area contributed by atoms with Gasteiger partial charge < -0.3 is 14.9 Å². The molecule has 19 heavy (non-hydrogen) atoms. The zero-order valence-electron chi connectivity index (χ0n) is 11.2. The summed E-state index contributed by atoms with van der Waals surface area (Å²) in [5, 5.41) is 10.7. The predicted octanol–water partition coefficient (Wildman–Crippen LogP) is 4.12. The van der Waals surface area contributed by atoms with E-state index in [9.17, 15) is 10.1 Å². The summed E-state index contributed by atoms with van der Waals surface area (Å²) in [7, 11) is 0. The van der Waals surface area contributed by atoms with Crippen molar-refractivity contribution >= 4 is 5.82 Å². The van der Waals surface area contributed by atoms with E-state index < -0.39 is 4.92 Å². The molecule has 0 unspecified atom stereocenters. The van der Waals surface area contributed by atoms with Crippen molar-refractivity contribution in [3.63, 3.8) is 0 Å². The van der Waals surface area contributed by atoms with Crippen LogP contribution in [0.3, 0.4) is 0 Å². The Kier molecular flexibility index (Phi) is 5.47. The highest BCUT2D eigenvalue weighted by atomic mass is 16.6. The summed E-state index contributed by atoms with van der Waals surface area (Å²) in [6, 6.07) is 10.4. The molecule has 0 N–H and O–H groups in total. The number of hydrogen-bond donors (Lipinski definition) is 0. The minimum absolute atomic E-state index is 0.140. The van der Waals surface area contributed by atoms with Crippen LogP contribution in [0.25, 0.3) is 0 Å². The summed E-state index contributed by atoms with van der Waals surface area (Å²) in [6.07, 6.45) is 1.36. The Morgan fingerprint density at radius 1 is 1.16 bits per heavy atom. The summed E-state index contributed by atoms with van der Waals surface area (Å²) in [6.45, 7) is 5.95. The number of benzene rings is 1. The fraction of sp³-hybridized carbons (Fsp3) is 0.214. The summed E-state index contributed by atoms with van der Waals surface area (Å²) in [5.41, 5.74) is 1.10. The normalized spacial score (nSPS) is 9.21. The Hall–Kier alpha value is -2.43. The second kappa shape index (κ2) is 7.10. The molecule has 1 heterocycles. The molecule has 2 rings (SSSR count). The molecule has 0 spiro atoms. The van der Waals surface area contributed by atoms with Crippen LogP contribution in [0.15, 0.2) is 42.6 Å². The summed E-state index contributed by atoms with van der Waals surface area (Å²) < 4.78 is 5.42. The molecule has 1 aromatic heterocycles. The molecule has 0 bridgehead atoms. The van der Waals surface area contributed by atoms with Crippen molar-refractivity contribution in [1.29, 1.82) is 0 Å². The molecule has 0 amide bonds. The van der Waals surface area contributed by atoms with Gasteiger partial charge in [-0.25, -0.2) is 0 Å². The van der Waals surface area contributed by atoms with Gasteiger partial charge in [0.1, 0.15) is 11.9 Å². The maximum absolute atomic E-state index is 10.7. The van der Waals surface area contributed by atoms with Crippen LogP contribution in [0.1, 0.15) is 19.4 Å². The topological polar surface area (TPSA) is 65.3 Å². The molecule has 2 aromatic rings. The Labute approximate surface area is 112 Å². The highest BCUT2D eigenvalue weighted by molar-refractivity contribution is 5.42. The summed E-state index contributed by atoms with van der Waals surface area (Å²) in [4.78, 5) is 13.8. The van der Waals surface area contributed by atoms with E-state index in [4.69, 9.17) is 4.74 Å². The summed E-state index contributed by atoms with van der Waals surface area (Å²) in [5.74, 6) is 0.404. The molecule has 0 radical (unpaired) electrons. The van der Waals surface area contributed by atoms with Crippen LogP contribution in [-0.2, 0) is 0 Å². The molecule has 0 aliphatic carbocycles. The number of pyridine rings is 1. The quantitative estimate of drug-likeness (QED) is 0.615. The van der Waals surface area contributed by atoms with E-state index in [0.29, 0.717) is 5.75 Å². The van der Waals surface area contributed by atoms with Crippen LogP contribution in [0.4, 0.5) is 5.82 Å². The van der Waals surface area contributed by atoms with Gasteiger partial charge >= 0.3 is 5.82 Å². The second-order valence-electron chi connectivity index (χ2n) is 3.50. The number of ether oxygens (including phenoxy) is 1. The van der Waals surface area contributed by atoms with E-state index >= 15 is 0 Å². The van der Waals surface area contributed by atoms with Gasteiger partial charge in [0, 0.05) is 0 Å². The minimum atomic E-state index is -0.566. The van der Waals surface area contributed by atoms with Crippen LogP contribution in [-0.4, -0.2) is 9.91 Å². The lowest BCUT2D eigenvalue weighted by atomic mass is 10.2. The van der Waals surface area contributed by atoms with Gasteiger partial charge in [-0.2, -0.15) is 0 Å². The van der Waals surface area contributed by atoms with Crippen molar-refractivity contribution in [1.82, 2.24) is 4.98 Å². The van der Waals surface area contributed by atoms with Gasteiger partial charge in [0.05, 0.1) is 0 Å². The number of nitro groups is 1. The number of nitrogens with zero attached hydrogens (tertiary/aromatic N) is 2. The Morgan fingerprint density at radius 2 is 1.79 bits per heavy atom. The molecule has 5 heteroatoms. The molecule has 100 valence electrons. The van der Waals surface area contributed by atoms with Crippen LogP contribution in [0, 0.1) is 17.0 Å². The van der Waals surface area contributed by atoms with Gasteiger partial charge in [0.2, 0.25) is 5.75 Å². The third-order valence-electron chi connectivity index (χ3n) is 2.17. The fourth-order valence-corrected chi connectivity index (χ4v) is 1.33. The summed E-state index contributed by atoms with van der Waals surface area (Å²) >= 11 is 0. The number of aromatic nitrogens is 1. The van der Waals surface area contributed by atoms with E-state index in [1.165, 1.54) is 12.3 Å². The minimum Gasteiger partial charge on any atom is -0.448 e. The van der Waals surface area contributed by atoms with Crippen molar-refractivity contribution in [2.75, 3.05) is 0 Å². The lowest BCUT2D eigenvalue weighted by molar-refractivity contribution is -0.390. The van der Waals surface area contributed by atoms with E-state index in [0.717, 1.165) is 5.56 Å². The average molecular weight is 260 g/mol. The van der Waals surface area contributed by atoms with Crippen LogP contribution >= 0.6 is 0 Å². The van der Waals surface area contributed by atoms with E-state index in [1.54, 1.807) is 18.2 Å². The maximum atomic E-state index is 10.7. The SMILES string of the molecule is CC.Cc1ccc(Oc2cccnc2[N+](=O)[O-])cc1. The third kappa shape index (κ3) is 4.06. The van der Waals surface area contributed by atoms with Crippen molar-refractivity contribution in [3.05, 3.63) is 58.3 Å². The van der Waals surface area contributed by atoms with Gasteiger partial charge in [-0.15, -0.1) is 0 Å². The van der Waals surface area contributed by atoms with Gasteiger partial charge in [-0.3, -0.25) is 0 Å². The highest BCUT2D eigenvalue weighted by Crippen LogP contribution is 2.28. The standard InChI is InChI=1S/C12H10N2O3.C2H6/c1-9-4-6-10(7-5-9)17-11-3-2-8-13-12(11)14(15)16;1-2/h2-8H,1H3;1-2H3. The maximum Gasteiger partial charge on any atom is 0.406 e. The van der Waals surface area contributed by atoms with Gasteiger partial charge in [0.25, 0.3) is 0 Å². The highest BCUT2D eigenvalue weighted by Gasteiger charge is 2.15. The molecule has 0 atom stereocenters. The molecule has 0 aliphatic heterocycles. The molecular formula is C14H16N2O3. The monoisotopic (exact) mass is 260 g/mol. The number of rotatable bonds is 3. The molecule has 1 aromatic carbocycles. The molecule has 0 aliphatic rings. The van der Waals surface area contributed by atoms with Crippen molar-refractivity contribution in [3.8, 4) is 11.5 Å². The van der Waals surface area contributed by atoms with E-state index in [2.05, 4.69) is 4.98 Å². The third-order valence-corrected chi connectivity index (χ3v) is 2.17. The zero-order chi connectivity index (χ0) is 14.3. The van der Waals surface area contributed by atoms with Crippen LogP contribution in [0.2, 0.25) is 0 Å². The number of aryl methyl sites for hydroxylation is 1. The molecule has 0 fully saturated rings. The Bertz CT molecular complexity index is 539. The lowest BCUT2D eigenvalue weighted by Gasteiger charge is -2.05. The van der Waals surface area contributed by atoms with Gasteiger partial charge in [-0.1, -0.05) is 31.5 Å². The smallest absolute Gasteiger partial charge is 0.406 e. The molecule has 0 saturated carbocycles. The molecular weight excluding hydrogens is 244 g/mol. The van der Waals surface area contributed by atoms with E-state index in [-0.39, 0.29) is 11.6 Å². The van der Waals surface area contributed by atoms with Crippen molar-refractivity contribution < 1.29 is 9.66 Å². The first-order chi connectivity index (χ1) is 9.16. The first kappa shape index (κ1) is 14.6.